The van der Waals surface area contributed by atoms with Crippen LogP contribution >= 0.6 is 11.3 Å². The summed E-state index contributed by atoms with van der Waals surface area (Å²) in [6, 6.07) is 0.410. The molecule has 0 radical (unpaired) electrons. The number of rotatable bonds is 9. The van der Waals surface area contributed by atoms with Crippen molar-refractivity contribution in [2.75, 3.05) is 20.3 Å². The van der Waals surface area contributed by atoms with E-state index in [-0.39, 0.29) is 18.2 Å². The van der Waals surface area contributed by atoms with E-state index in [2.05, 4.69) is 22.5 Å². The molecule has 0 aliphatic rings. The summed E-state index contributed by atoms with van der Waals surface area (Å²) < 4.78 is 10.5. The highest BCUT2D eigenvalue weighted by Gasteiger charge is 2.17. The van der Waals surface area contributed by atoms with Gasteiger partial charge in [0.15, 0.2) is 0 Å². The van der Waals surface area contributed by atoms with Crippen LogP contribution in [-0.2, 0) is 9.47 Å². The lowest BCUT2D eigenvalue weighted by Gasteiger charge is -2.22. The quantitative estimate of drug-likeness (QED) is 0.674. The molecule has 1 heterocycles. The highest BCUT2D eigenvalue weighted by atomic mass is 32.1. The predicted octanol–water partition coefficient (Wildman–Crippen LogP) is 3.11. The third-order valence-electron chi connectivity index (χ3n) is 3.07. The van der Waals surface area contributed by atoms with Crippen LogP contribution in [0.1, 0.15) is 51.6 Å². The molecule has 1 aromatic rings. The van der Waals surface area contributed by atoms with E-state index < -0.39 is 5.60 Å². The van der Waals surface area contributed by atoms with Crippen LogP contribution in [0.3, 0.4) is 0 Å². The fraction of sp³-hybridized carbons (Fsp3) is 0.750. The van der Waals surface area contributed by atoms with E-state index in [1.165, 1.54) is 0 Å². The van der Waals surface area contributed by atoms with Crippen LogP contribution in [0.15, 0.2) is 11.6 Å². The molecule has 2 N–H and O–H groups in total. The fourth-order valence-electron chi connectivity index (χ4n) is 2.14. The summed E-state index contributed by atoms with van der Waals surface area (Å²) in [6.07, 6.45) is 3.20. The molecule has 0 saturated heterocycles. The summed E-state index contributed by atoms with van der Waals surface area (Å²) >= 11 is 1.64. The van der Waals surface area contributed by atoms with Gasteiger partial charge in [-0.1, -0.05) is 0 Å². The summed E-state index contributed by atoms with van der Waals surface area (Å²) in [7, 11) is 1.70. The lowest BCUT2D eigenvalue weighted by Crippen LogP contribution is -2.37. The summed E-state index contributed by atoms with van der Waals surface area (Å²) in [6.45, 7) is 8.87. The molecule has 1 amide bonds. The number of hydrogen-bond acceptors (Lipinski definition) is 6. The van der Waals surface area contributed by atoms with Crippen LogP contribution in [0, 0.1) is 0 Å². The van der Waals surface area contributed by atoms with Crippen LogP contribution in [0.4, 0.5) is 4.79 Å². The van der Waals surface area contributed by atoms with Crippen molar-refractivity contribution in [3.8, 4) is 0 Å². The Labute approximate surface area is 143 Å². The Balaban J connectivity index is 2.29. The van der Waals surface area contributed by atoms with Gasteiger partial charge in [0.25, 0.3) is 0 Å². The first kappa shape index (κ1) is 19.9. The van der Waals surface area contributed by atoms with Gasteiger partial charge in [-0.25, -0.2) is 9.78 Å². The summed E-state index contributed by atoms with van der Waals surface area (Å²) in [5, 5.41) is 9.35. The van der Waals surface area contributed by atoms with E-state index in [0.717, 1.165) is 17.8 Å². The third kappa shape index (κ3) is 8.88. The Morgan fingerprint density at radius 1 is 1.43 bits per heavy atom. The predicted molar refractivity (Wildman–Crippen MR) is 92.8 cm³/mol. The second kappa shape index (κ2) is 9.85. The zero-order valence-corrected chi connectivity index (χ0v) is 15.5. The number of aromatic nitrogens is 1. The number of hydrogen-bond donors (Lipinski definition) is 2. The summed E-state index contributed by atoms with van der Waals surface area (Å²) in [5.41, 5.74) is -0.465. The maximum atomic E-state index is 11.6. The second-order valence-corrected chi connectivity index (χ2v) is 7.41. The van der Waals surface area contributed by atoms with Gasteiger partial charge in [0.2, 0.25) is 0 Å². The van der Waals surface area contributed by atoms with Crippen molar-refractivity contribution in [2.24, 2.45) is 0 Å². The van der Waals surface area contributed by atoms with Crippen molar-refractivity contribution < 1.29 is 14.3 Å². The van der Waals surface area contributed by atoms with Gasteiger partial charge < -0.3 is 20.1 Å². The van der Waals surface area contributed by atoms with Gasteiger partial charge in [-0.15, -0.1) is 11.3 Å². The van der Waals surface area contributed by atoms with Gasteiger partial charge in [-0.05, 0) is 40.5 Å². The van der Waals surface area contributed by atoms with E-state index in [1.54, 1.807) is 18.4 Å². The Hall–Kier alpha value is -1.18. The molecule has 132 valence electrons. The Morgan fingerprint density at radius 3 is 2.74 bits per heavy atom. The molecule has 0 aromatic carbocycles. The van der Waals surface area contributed by atoms with Crippen molar-refractivity contribution in [3.05, 3.63) is 16.6 Å². The number of carbonyl (C=O) groups is 1. The molecule has 0 bridgehead atoms. The van der Waals surface area contributed by atoms with E-state index in [9.17, 15) is 4.79 Å². The van der Waals surface area contributed by atoms with Gasteiger partial charge >= 0.3 is 6.09 Å². The maximum absolute atomic E-state index is 11.6. The van der Waals surface area contributed by atoms with E-state index in [4.69, 9.17) is 9.47 Å². The normalized spacial score (nSPS) is 14.3. The molecule has 0 saturated carbocycles. The average molecular weight is 343 g/mol. The van der Waals surface area contributed by atoms with Crippen LogP contribution in [-0.4, -0.2) is 43.0 Å². The average Bonchev–Trinajstić information content (AvgIpc) is 2.95. The number of nitrogens with zero attached hydrogens (tertiary/aromatic N) is 1. The number of nitrogens with one attached hydrogen (secondary N) is 2. The fourth-order valence-corrected chi connectivity index (χ4v) is 2.80. The maximum Gasteiger partial charge on any atom is 0.407 e. The van der Waals surface area contributed by atoms with Crippen LogP contribution in [0.2, 0.25) is 0 Å². The van der Waals surface area contributed by atoms with E-state index >= 15 is 0 Å². The first-order valence-electron chi connectivity index (χ1n) is 7.93. The molecule has 2 atom stereocenters. The molecule has 23 heavy (non-hydrogen) atoms. The SMILES string of the molecule is COCC(CCCNC(=O)OC(C)(C)C)NC(C)c1nccs1. The standard InChI is InChI=1S/C16H29N3O3S/c1-12(14-17-9-10-23-14)19-13(11-21-5)7-6-8-18-15(20)22-16(2,3)4/h9-10,12-13,19H,6-8,11H2,1-5H3,(H,18,20). The van der Waals surface area contributed by atoms with Gasteiger partial charge in [0.05, 0.1) is 12.6 Å². The number of alkyl carbamates (subject to hydrolysis) is 1. The number of methoxy groups -OCH3 is 1. The number of carbonyl (C=O) groups excluding carboxylic acids is 1. The number of ether oxygens (including phenoxy) is 2. The first-order chi connectivity index (χ1) is 10.8. The topological polar surface area (TPSA) is 72.5 Å². The van der Waals surface area contributed by atoms with Crippen molar-refractivity contribution >= 4 is 17.4 Å². The highest BCUT2D eigenvalue weighted by Crippen LogP contribution is 2.16. The largest absolute Gasteiger partial charge is 0.444 e. The van der Waals surface area contributed by atoms with Gasteiger partial charge in [0, 0.05) is 31.3 Å². The first-order valence-corrected chi connectivity index (χ1v) is 8.81. The zero-order chi connectivity index (χ0) is 17.3. The van der Waals surface area contributed by atoms with Gasteiger partial charge in [0.1, 0.15) is 10.6 Å². The minimum Gasteiger partial charge on any atom is -0.444 e. The Morgan fingerprint density at radius 2 is 2.17 bits per heavy atom. The molecule has 1 aromatic heterocycles. The smallest absolute Gasteiger partial charge is 0.407 e. The summed E-state index contributed by atoms with van der Waals surface area (Å²) in [5.74, 6) is 0. The lowest BCUT2D eigenvalue weighted by molar-refractivity contribution is 0.0526. The minimum absolute atomic E-state index is 0.189. The van der Waals surface area contributed by atoms with Crippen LogP contribution in [0.25, 0.3) is 0 Å². The highest BCUT2D eigenvalue weighted by molar-refractivity contribution is 7.09. The third-order valence-corrected chi connectivity index (χ3v) is 4.03. The van der Waals surface area contributed by atoms with Crippen molar-refractivity contribution in [1.82, 2.24) is 15.6 Å². The molecule has 0 aliphatic carbocycles. The molecule has 0 spiro atoms. The van der Waals surface area contributed by atoms with Gasteiger partial charge in [-0.2, -0.15) is 0 Å². The number of thiazole rings is 1. The zero-order valence-electron chi connectivity index (χ0n) is 14.7. The molecule has 0 fully saturated rings. The molecular formula is C16H29N3O3S. The Bertz CT molecular complexity index is 446. The van der Waals surface area contributed by atoms with Crippen molar-refractivity contribution in [3.63, 3.8) is 0 Å². The molecular weight excluding hydrogens is 314 g/mol. The molecule has 0 aliphatic heterocycles. The van der Waals surface area contributed by atoms with Crippen LogP contribution in [0.5, 0.6) is 0 Å². The minimum atomic E-state index is -0.465. The monoisotopic (exact) mass is 343 g/mol. The van der Waals surface area contributed by atoms with Crippen molar-refractivity contribution in [2.45, 2.75) is 58.2 Å². The molecule has 2 unspecified atom stereocenters. The second-order valence-electron chi connectivity index (χ2n) is 6.48. The van der Waals surface area contributed by atoms with Crippen LogP contribution < -0.4 is 10.6 Å². The van der Waals surface area contributed by atoms with E-state index in [0.29, 0.717) is 13.2 Å². The van der Waals surface area contributed by atoms with Gasteiger partial charge in [-0.3, -0.25) is 0 Å². The number of amides is 1. The van der Waals surface area contributed by atoms with Crippen molar-refractivity contribution in [1.29, 1.82) is 0 Å². The summed E-state index contributed by atoms with van der Waals surface area (Å²) in [4.78, 5) is 15.9. The lowest BCUT2D eigenvalue weighted by atomic mass is 10.1. The van der Waals surface area contributed by atoms with E-state index in [1.807, 2.05) is 32.3 Å². The molecule has 6 nitrogen and oxygen atoms in total. The molecule has 7 heteroatoms. The molecule has 1 rings (SSSR count). The Kier molecular flexibility index (Phi) is 8.51.